The van der Waals surface area contributed by atoms with Gasteiger partial charge in [0.2, 0.25) is 0 Å². The number of esters is 1. The standard InChI is InChI=1S/C30H24N4O3S/c1-3-37-29(36)20-11-8-12-24(15-20)32-30-33(2)28(35)27(38-30)16-23-19-34(26-14-7-6-13-25(23)26)18-22-10-5-4-9-21(22)17-31/h4-16,19H,3,18H2,1-2H3. The number of amidine groups is 1. The van der Waals surface area contributed by atoms with E-state index in [9.17, 15) is 14.9 Å². The molecule has 5 rings (SSSR count). The molecule has 2 heterocycles. The molecule has 1 fully saturated rings. The Morgan fingerprint density at radius 3 is 2.71 bits per heavy atom. The number of aromatic nitrogens is 1. The topological polar surface area (TPSA) is 87.7 Å². The first-order valence-corrected chi connectivity index (χ1v) is 12.9. The summed E-state index contributed by atoms with van der Waals surface area (Å²) >= 11 is 1.29. The minimum atomic E-state index is -0.410. The molecular weight excluding hydrogens is 496 g/mol. The summed E-state index contributed by atoms with van der Waals surface area (Å²) in [7, 11) is 1.69. The molecule has 1 saturated heterocycles. The van der Waals surface area contributed by atoms with Crippen molar-refractivity contribution in [3.05, 3.63) is 106 Å². The fraction of sp³-hybridized carbons (Fsp3) is 0.133. The Hall–Kier alpha value is -4.61. The first kappa shape index (κ1) is 25.1. The minimum Gasteiger partial charge on any atom is -0.462 e. The zero-order chi connectivity index (χ0) is 26.6. The van der Waals surface area contributed by atoms with Crippen LogP contribution in [0, 0.1) is 11.3 Å². The lowest BCUT2D eigenvalue weighted by atomic mass is 10.1. The van der Waals surface area contributed by atoms with Gasteiger partial charge in [0.15, 0.2) is 5.17 Å². The second-order valence-corrected chi connectivity index (χ2v) is 9.65. The Morgan fingerprint density at radius 2 is 1.89 bits per heavy atom. The van der Waals surface area contributed by atoms with Crippen LogP contribution in [0.2, 0.25) is 0 Å². The number of aliphatic imine (C=N–C) groups is 1. The third kappa shape index (κ3) is 4.97. The van der Waals surface area contributed by atoms with Gasteiger partial charge in [0.1, 0.15) is 0 Å². The highest BCUT2D eigenvalue weighted by Crippen LogP contribution is 2.35. The SMILES string of the molecule is CCOC(=O)c1cccc(N=C2SC(=Cc3cn(Cc4ccccc4C#N)c4ccccc34)C(=O)N2C)c1. The first-order valence-electron chi connectivity index (χ1n) is 12.1. The van der Waals surface area contributed by atoms with Crippen molar-refractivity contribution < 1.29 is 14.3 Å². The normalized spacial score (nSPS) is 15.4. The number of likely N-dealkylation sites (N-methyl/N-ethyl adjacent to an activating group) is 1. The van der Waals surface area contributed by atoms with Gasteiger partial charge in [0, 0.05) is 36.3 Å². The number of hydrogen-bond acceptors (Lipinski definition) is 6. The maximum Gasteiger partial charge on any atom is 0.338 e. The minimum absolute atomic E-state index is 0.151. The predicted molar refractivity (Wildman–Crippen MR) is 150 cm³/mol. The summed E-state index contributed by atoms with van der Waals surface area (Å²) in [6, 6.07) is 24.7. The fourth-order valence-corrected chi connectivity index (χ4v) is 5.27. The van der Waals surface area contributed by atoms with Gasteiger partial charge in [-0.1, -0.05) is 42.5 Å². The van der Waals surface area contributed by atoms with Crippen LogP contribution >= 0.6 is 11.8 Å². The van der Waals surface area contributed by atoms with Crippen LogP contribution in [0.5, 0.6) is 0 Å². The molecular formula is C30H24N4O3S. The van der Waals surface area contributed by atoms with Crippen molar-refractivity contribution in [1.29, 1.82) is 5.26 Å². The second-order valence-electron chi connectivity index (χ2n) is 8.64. The van der Waals surface area contributed by atoms with Crippen LogP contribution in [0.3, 0.4) is 0 Å². The number of benzene rings is 3. The average Bonchev–Trinajstić information content (AvgIpc) is 3.41. The van der Waals surface area contributed by atoms with Gasteiger partial charge in [-0.05, 0) is 60.7 Å². The smallest absolute Gasteiger partial charge is 0.338 e. The molecule has 0 aliphatic carbocycles. The number of hydrogen-bond donors (Lipinski definition) is 0. The maximum absolute atomic E-state index is 13.1. The molecule has 4 aromatic rings. The van der Waals surface area contributed by atoms with Crippen LogP contribution in [-0.2, 0) is 16.1 Å². The summed E-state index contributed by atoms with van der Waals surface area (Å²) in [5, 5.41) is 11.0. The number of fused-ring (bicyclic) bond motifs is 1. The number of para-hydroxylation sites is 1. The molecule has 38 heavy (non-hydrogen) atoms. The lowest BCUT2D eigenvalue weighted by molar-refractivity contribution is -0.121. The van der Waals surface area contributed by atoms with Gasteiger partial charge in [-0.25, -0.2) is 9.79 Å². The quantitative estimate of drug-likeness (QED) is 0.231. The molecule has 0 N–H and O–H groups in total. The summed E-state index contributed by atoms with van der Waals surface area (Å²) in [6.45, 7) is 2.59. The van der Waals surface area contributed by atoms with Crippen LogP contribution in [-0.4, -0.2) is 40.2 Å². The van der Waals surface area contributed by atoms with Crippen LogP contribution < -0.4 is 0 Å². The highest BCUT2D eigenvalue weighted by atomic mass is 32.2. The van der Waals surface area contributed by atoms with Crippen LogP contribution in [0.15, 0.2) is 88.9 Å². The van der Waals surface area contributed by atoms with Gasteiger partial charge < -0.3 is 9.30 Å². The lowest BCUT2D eigenvalue weighted by Crippen LogP contribution is -2.23. The third-order valence-corrected chi connectivity index (χ3v) is 7.23. The number of carbonyl (C=O) groups is 2. The Morgan fingerprint density at radius 1 is 1.11 bits per heavy atom. The van der Waals surface area contributed by atoms with Crippen molar-refractivity contribution >= 4 is 51.5 Å². The van der Waals surface area contributed by atoms with E-state index < -0.39 is 5.97 Å². The Labute approximate surface area is 224 Å². The number of rotatable bonds is 6. The molecule has 0 atom stereocenters. The highest BCUT2D eigenvalue weighted by Gasteiger charge is 2.30. The molecule has 1 aliphatic heterocycles. The monoisotopic (exact) mass is 520 g/mol. The Bertz CT molecular complexity index is 1660. The van der Waals surface area contributed by atoms with Gasteiger partial charge in [0.25, 0.3) is 5.91 Å². The van der Waals surface area contributed by atoms with E-state index in [1.807, 2.05) is 60.8 Å². The van der Waals surface area contributed by atoms with Crippen molar-refractivity contribution in [2.45, 2.75) is 13.5 Å². The zero-order valence-electron chi connectivity index (χ0n) is 20.9. The second kappa shape index (κ2) is 10.8. The Kier molecular flexibility index (Phi) is 7.11. The number of nitriles is 1. The maximum atomic E-state index is 13.1. The summed E-state index contributed by atoms with van der Waals surface area (Å²) in [4.78, 5) is 31.9. The first-order chi connectivity index (χ1) is 18.5. The van der Waals surface area contributed by atoms with E-state index in [4.69, 9.17) is 4.74 Å². The molecule has 1 amide bonds. The van der Waals surface area contributed by atoms with Crippen molar-refractivity contribution in [2.75, 3.05) is 13.7 Å². The number of thioether (sulfide) groups is 1. The Balaban J connectivity index is 1.47. The summed E-state index contributed by atoms with van der Waals surface area (Å²) < 4.78 is 7.18. The van der Waals surface area contributed by atoms with E-state index in [1.165, 1.54) is 16.7 Å². The molecule has 0 saturated carbocycles. The number of carbonyl (C=O) groups excluding carboxylic acids is 2. The van der Waals surface area contributed by atoms with Gasteiger partial charge in [-0.15, -0.1) is 0 Å². The van der Waals surface area contributed by atoms with Crippen molar-refractivity contribution in [2.24, 2.45) is 4.99 Å². The average molecular weight is 521 g/mol. The molecule has 3 aromatic carbocycles. The molecule has 1 aliphatic rings. The van der Waals surface area contributed by atoms with Crippen LogP contribution in [0.4, 0.5) is 5.69 Å². The molecule has 0 unspecified atom stereocenters. The van der Waals surface area contributed by atoms with Crippen molar-refractivity contribution in [3.8, 4) is 6.07 Å². The lowest BCUT2D eigenvalue weighted by Gasteiger charge is -2.07. The molecule has 188 valence electrons. The van der Waals surface area contributed by atoms with Gasteiger partial charge in [0.05, 0.1) is 34.4 Å². The fourth-order valence-electron chi connectivity index (χ4n) is 4.29. The van der Waals surface area contributed by atoms with E-state index in [2.05, 4.69) is 15.6 Å². The van der Waals surface area contributed by atoms with E-state index in [0.29, 0.717) is 40.0 Å². The highest BCUT2D eigenvalue weighted by molar-refractivity contribution is 8.18. The summed E-state index contributed by atoms with van der Waals surface area (Å²) in [6.07, 6.45) is 3.90. The zero-order valence-corrected chi connectivity index (χ0v) is 21.7. The van der Waals surface area contributed by atoms with Crippen LogP contribution in [0.25, 0.3) is 17.0 Å². The van der Waals surface area contributed by atoms with Gasteiger partial charge in [-0.2, -0.15) is 5.26 Å². The van der Waals surface area contributed by atoms with E-state index in [0.717, 1.165) is 22.0 Å². The van der Waals surface area contributed by atoms with Gasteiger partial charge >= 0.3 is 5.97 Å². The predicted octanol–water partition coefficient (Wildman–Crippen LogP) is 5.97. The number of nitrogens with zero attached hydrogens (tertiary/aromatic N) is 4. The summed E-state index contributed by atoms with van der Waals surface area (Å²) in [5.74, 6) is -0.561. The van der Waals surface area contributed by atoms with E-state index >= 15 is 0 Å². The third-order valence-electron chi connectivity index (χ3n) is 6.17. The number of ether oxygens (including phenoxy) is 1. The van der Waals surface area contributed by atoms with E-state index in [-0.39, 0.29) is 5.91 Å². The van der Waals surface area contributed by atoms with E-state index in [1.54, 1.807) is 38.2 Å². The number of amides is 1. The summed E-state index contributed by atoms with van der Waals surface area (Å²) in [5.41, 5.74) is 4.46. The molecule has 8 heteroatoms. The molecule has 0 radical (unpaired) electrons. The molecule has 1 aromatic heterocycles. The molecule has 0 bridgehead atoms. The molecule has 0 spiro atoms. The van der Waals surface area contributed by atoms with Crippen molar-refractivity contribution in [3.63, 3.8) is 0 Å². The van der Waals surface area contributed by atoms with Crippen molar-refractivity contribution in [1.82, 2.24) is 9.47 Å². The van der Waals surface area contributed by atoms with Gasteiger partial charge in [-0.3, -0.25) is 9.69 Å². The largest absolute Gasteiger partial charge is 0.462 e. The molecule has 7 nitrogen and oxygen atoms in total. The van der Waals surface area contributed by atoms with Crippen LogP contribution in [0.1, 0.15) is 34.0 Å².